The summed E-state index contributed by atoms with van der Waals surface area (Å²) >= 11 is 0. The number of ether oxygens (including phenoxy) is 1. The molecule has 1 aliphatic carbocycles. The summed E-state index contributed by atoms with van der Waals surface area (Å²) in [5.41, 5.74) is 5.89. The summed E-state index contributed by atoms with van der Waals surface area (Å²) in [7, 11) is 0. The number of amides is 2. The number of nitrogens with zero attached hydrogens (tertiary/aromatic N) is 1. The van der Waals surface area contributed by atoms with Crippen molar-refractivity contribution in [2.45, 2.75) is 44.9 Å². The number of halogens is 1. The van der Waals surface area contributed by atoms with E-state index in [1.807, 2.05) is 0 Å². The lowest BCUT2D eigenvalue weighted by Gasteiger charge is -2.35. The van der Waals surface area contributed by atoms with Crippen LogP contribution in [0.1, 0.15) is 44.9 Å². The number of carbonyl (C=O) groups excluding carboxylic acids is 2. The Morgan fingerprint density at radius 2 is 1.78 bits per heavy atom. The molecule has 2 amide bonds. The van der Waals surface area contributed by atoms with E-state index in [-0.39, 0.29) is 29.6 Å². The molecule has 0 aromatic heterocycles. The maximum absolute atomic E-state index is 12.1. The molecule has 0 aromatic rings. The molecule has 0 spiro atoms. The van der Waals surface area contributed by atoms with E-state index >= 15 is 0 Å². The van der Waals surface area contributed by atoms with Gasteiger partial charge < -0.3 is 20.7 Å². The van der Waals surface area contributed by atoms with Gasteiger partial charge in [0.05, 0.1) is 13.2 Å². The van der Waals surface area contributed by atoms with Gasteiger partial charge in [0.15, 0.2) is 0 Å². The van der Waals surface area contributed by atoms with E-state index in [1.54, 1.807) is 4.90 Å². The van der Waals surface area contributed by atoms with Crippen LogP contribution in [0.3, 0.4) is 0 Å². The summed E-state index contributed by atoms with van der Waals surface area (Å²) < 4.78 is 5.23. The van der Waals surface area contributed by atoms with Crippen LogP contribution < -0.4 is 11.1 Å². The van der Waals surface area contributed by atoms with E-state index in [0.29, 0.717) is 52.2 Å². The van der Waals surface area contributed by atoms with Crippen molar-refractivity contribution >= 4 is 24.2 Å². The number of morpholine rings is 1. The smallest absolute Gasteiger partial charge is 0.224 e. The van der Waals surface area contributed by atoms with Gasteiger partial charge in [-0.2, -0.15) is 0 Å². The largest absolute Gasteiger partial charge is 0.378 e. The summed E-state index contributed by atoms with van der Waals surface area (Å²) in [6.07, 6.45) is 6.53. The molecule has 2 fully saturated rings. The zero-order chi connectivity index (χ0) is 15.8. The van der Waals surface area contributed by atoms with E-state index in [4.69, 9.17) is 10.5 Å². The first-order chi connectivity index (χ1) is 10.7. The van der Waals surface area contributed by atoms with Gasteiger partial charge in [-0.25, -0.2) is 0 Å². The highest BCUT2D eigenvalue weighted by molar-refractivity contribution is 5.85. The highest BCUT2D eigenvalue weighted by Gasteiger charge is 2.32. The lowest BCUT2D eigenvalue weighted by atomic mass is 9.71. The van der Waals surface area contributed by atoms with Gasteiger partial charge in [-0.1, -0.05) is 19.3 Å². The monoisotopic (exact) mass is 347 g/mol. The normalized spacial score (nSPS) is 20.5. The summed E-state index contributed by atoms with van der Waals surface area (Å²) in [4.78, 5) is 25.9. The molecule has 1 aliphatic heterocycles. The third-order valence-corrected chi connectivity index (χ3v) is 4.91. The van der Waals surface area contributed by atoms with Gasteiger partial charge in [-0.15, -0.1) is 12.4 Å². The van der Waals surface area contributed by atoms with Crippen LogP contribution in [-0.2, 0) is 14.3 Å². The molecule has 1 heterocycles. The molecule has 7 heteroatoms. The molecule has 3 N–H and O–H groups in total. The van der Waals surface area contributed by atoms with Crippen molar-refractivity contribution in [1.29, 1.82) is 0 Å². The zero-order valence-corrected chi connectivity index (χ0v) is 14.7. The van der Waals surface area contributed by atoms with Crippen molar-refractivity contribution in [2.75, 3.05) is 39.4 Å². The number of hydrogen-bond acceptors (Lipinski definition) is 4. The van der Waals surface area contributed by atoms with Crippen molar-refractivity contribution in [1.82, 2.24) is 10.2 Å². The first-order valence-corrected chi connectivity index (χ1v) is 8.47. The Morgan fingerprint density at radius 1 is 1.13 bits per heavy atom. The predicted molar refractivity (Wildman–Crippen MR) is 91.5 cm³/mol. The van der Waals surface area contributed by atoms with Gasteiger partial charge in [-0.05, 0) is 24.8 Å². The number of hydrogen-bond donors (Lipinski definition) is 2. The first kappa shape index (κ1) is 20.2. The van der Waals surface area contributed by atoms with Gasteiger partial charge in [0, 0.05) is 32.5 Å². The Bertz CT molecular complexity index is 381. The molecule has 2 aliphatic rings. The Hall–Kier alpha value is -0.850. The zero-order valence-electron chi connectivity index (χ0n) is 13.8. The average Bonchev–Trinajstić information content (AvgIpc) is 2.56. The minimum absolute atomic E-state index is 0. The number of carbonyl (C=O) groups is 2. The highest BCUT2D eigenvalue weighted by atomic mass is 35.5. The predicted octanol–water partition coefficient (Wildman–Crippen LogP) is 1.07. The lowest BCUT2D eigenvalue weighted by molar-refractivity contribution is -0.135. The molecule has 1 saturated carbocycles. The molecule has 6 nitrogen and oxygen atoms in total. The molecule has 23 heavy (non-hydrogen) atoms. The Labute approximate surface area is 144 Å². The van der Waals surface area contributed by atoms with E-state index in [0.717, 1.165) is 12.8 Å². The molecule has 0 atom stereocenters. The topological polar surface area (TPSA) is 84.7 Å². The van der Waals surface area contributed by atoms with Crippen LogP contribution >= 0.6 is 12.4 Å². The van der Waals surface area contributed by atoms with E-state index in [9.17, 15) is 9.59 Å². The molecular formula is C16H30ClN3O3. The summed E-state index contributed by atoms with van der Waals surface area (Å²) in [5, 5.41) is 2.89. The molecule has 2 rings (SSSR count). The molecule has 0 unspecified atom stereocenters. The first-order valence-electron chi connectivity index (χ1n) is 8.47. The second-order valence-corrected chi connectivity index (χ2v) is 6.53. The third kappa shape index (κ3) is 6.28. The summed E-state index contributed by atoms with van der Waals surface area (Å²) in [6.45, 7) is 3.52. The van der Waals surface area contributed by atoms with Gasteiger partial charge in [0.25, 0.3) is 0 Å². The Balaban J connectivity index is 0.00000264. The Morgan fingerprint density at radius 3 is 2.39 bits per heavy atom. The third-order valence-electron chi connectivity index (χ3n) is 4.91. The van der Waals surface area contributed by atoms with E-state index in [2.05, 4.69) is 5.32 Å². The van der Waals surface area contributed by atoms with Crippen LogP contribution in [0.5, 0.6) is 0 Å². The van der Waals surface area contributed by atoms with Crippen molar-refractivity contribution in [2.24, 2.45) is 11.1 Å². The molecule has 134 valence electrons. The van der Waals surface area contributed by atoms with Crippen molar-refractivity contribution < 1.29 is 14.3 Å². The lowest BCUT2D eigenvalue weighted by Crippen LogP contribution is -2.42. The highest BCUT2D eigenvalue weighted by Crippen LogP contribution is 2.38. The SMILES string of the molecule is Cl.NCC1(CC(=O)NCCC(=O)N2CCOCC2)CCCCC1. The Kier molecular flexibility index (Phi) is 8.87. The number of nitrogens with one attached hydrogen (secondary N) is 1. The fourth-order valence-corrected chi connectivity index (χ4v) is 3.44. The second kappa shape index (κ2) is 10.1. The van der Waals surface area contributed by atoms with Crippen LogP contribution in [0.2, 0.25) is 0 Å². The molecular weight excluding hydrogens is 318 g/mol. The average molecular weight is 348 g/mol. The molecule has 0 aromatic carbocycles. The van der Waals surface area contributed by atoms with E-state index in [1.165, 1.54) is 19.3 Å². The molecule has 0 radical (unpaired) electrons. The van der Waals surface area contributed by atoms with Crippen LogP contribution in [0.25, 0.3) is 0 Å². The minimum Gasteiger partial charge on any atom is -0.378 e. The quantitative estimate of drug-likeness (QED) is 0.752. The van der Waals surface area contributed by atoms with Crippen LogP contribution in [0.15, 0.2) is 0 Å². The minimum atomic E-state index is -0.0173. The summed E-state index contributed by atoms with van der Waals surface area (Å²) in [5.74, 6) is 0.122. The van der Waals surface area contributed by atoms with Gasteiger partial charge in [0.2, 0.25) is 11.8 Å². The standard InChI is InChI=1S/C16H29N3O3.ClH/c17-13-16(5-2-1-3-6-16)12-14(20)18-7-4-15(21)19-8-10-22-11-9-19;/h1-13,17H2,(H,18,20);1H. The maximum Gasteiger partial charge on any atom is 0.224 e. The van der Waals surface area contributed by atoms with Crippen molar-refractivity contribution in [3.63, 3.8) is 0 Å². The number of rotatable bonds is 6. The molecule has 1 saturated heterocycles. The maximum atomic E-state index is 12.1. The van der Waals surface area contributed by atoms with Gasteiger partial charge in [-0.3, -0.25) is 9.59 Å². The van der Waals surface area contributed by atoms with Crippen LogP contribution in [0, 0.1) is 5.41 Å². The van der Waals surface area contributed by atoms with Crippen molar-refractivity contribution in [3.05, 3.63) is 0 Å². The van der Waals surface area contributed by atoms with Crippen molar-refractivity contribution in [3.8, 4) is 0 Å². The van der Waals surface area contributed by atoms with E-state index < -0.39 is 0 Å². The second-order valence-electron chi connectivity index (χ2n) is 6.53. The number of nitrogens with two attached hydrogens (primary N) is 1. The van der Waals surface area contributed by atoms with Gasteiger partial charge >= 0.3 is 0 Å². The van der Waals surface area contributed by atoms with Gasteiger partial charge in [0.1, 0.15) is 0 Å². The fraction of sp³-hybridized carbons (Fsp3) is 0.875. The van der Waals surface area contributed by atoms with Crippen LogP contribution in [0.4, 0.5) is 0 Å². The van der Waals surface area contributed by atoms with Crippen LogP contribution in [-0.4, -0.2) is 56.1 Å². The summed E-state index contributed by atoms with van der Waals surface area (Å²) in [6, 6.07) is 0. The molecule has 0 bridgehead atoms. The fourth-order valence-electron chi connectivity index (χ4n) is 3.44.